The highest BCUT2D eigenvalue weighted by molar-refractivity contribution is 5.82. The summed E-state index contributed by atoms with van der Waals surface area (Å²) in [7, 11) is 4.05. The number of esters is 2. The van der Waals surface area contributed by atoms with Crippen molar-refractivity contribution in [3.63, 3.8) is 0 Å². The number of rotatable bonds is 8. The molecule has 0 radical (unpaired) electrons. The number of phenols is 1. The van der Waals surface area contributed by atoms with Crippen LogP contribution in [0, 0.1) is 11.8 Å². The summed E-state index contributed by atoms with van der Waals surface area (Å²) in [6.45, 7) is 0. The maximum Gasteiger partial charge on any atom is 0.309 e. The van der Waals surface area contributed by atoms with E-state index in [4.69, 9.17) is 14.2 Å². The van der Waals surface area contributed by atoms with E-state index in [0.717, 1.165) is 11.1 Å². The predicted molar refractivity (Wildman–Crippen MR) is 99.5 cm³/mol. The molecule has 6 heteroatoms. The smallest absolute Gasteiger partial charge is 0.309 e. The second-order valence-electron chi connectivity index (χ2n) is 6.16. The van der Waals surface area contributed by atoms with Crippen LogP contribution in [-0.2, 0) is 31.9 Å². The molecule has 0 spiro atoms. The molecule has 0 fully saturated rings. The summed E-state index contributed by atoms with van der Waals surface area (Å²) < 4.78 is 15.0. The third kappa shape index (κ3) is 5.23. The van der Waals surface area contributed by atoms with E-state index in [1.54, 1.807) is 12.1 Å². The molecule has 144 valence electrons. The Morgan fingerprint density at radius 2 is 1.41 bits per heavy atom. The van der Waals surface area contributed by atoms with Crippen LogP contribution in [0.4, 0.5) is 0 Å². The van der Waals surface area contributed by atoms with Gasteiger partial charge in [-0.05, 0) is 36.1 Å². The van der Waals surface area contributed by atoms with Crippen molar-refractivity contribution in [3.05, 3.63) is 59.7 Å². The Morgan fingerprint density at radius 1 is 0.852 bits per heavy atom. The second kappa shape index (κ2) is 9.62. The largest absolute Gasteiger partial charge is 0.504 e. The summed E-state index contributed by atoms with van der Waals surface area (Å²) in [5, 5.41) is 9.76. The number of hydrogen-bond acceptors (Lipinski definition) is 6. The Bertz CT molecular complexity index is 771. The molecule has 27 heavy (non-hydrogen) atoms. The molecule has 0 aliphatic rings. The first-order valence-electron chi connectivity index (χ1n) is 8.55. The lowest BCUT2D eigenvalue weighted by Crippen LogP contribution is -2.34. The van der Waals surface area contributed by atoms with Gasteiger partial charge >= 0.3 is 11.9 Å². The van der Waals surface area contributed by atoms with Crippen molar-refractivity contribution in [3.8, 4) is 11.5 Å². The van der Waals surface area contributed by atoms with Crippen LogP contribution in [0.2, 0.25) is 0 Å². The van der Waals surface area contributed by atoms with E-state index >= 15 is 0 Å². The van der Waals surface area contributed by atoms with E-state index in [1.165, 1.54) is 27.4 Å². The Morgan fingerprint density at radius 3 is 1.93 bits per heavy atom. The third-order valence-corrected chi connectivity index (χ3v) is 4.49. The number of methoxy groups -OCH3 is 3. The zero-order valence-electron chi connectivity index (χ0n) is 15.7. The Hall–Kier alpha value is -3.02. The van der Waals surface area contributed by atoms with Gasteiger partial charge in [0.2, 0.25) is 0 Å². The molecule has 0 aromatic heterocycles. The van der Waals surface area contributed by atoms with Crippen LogP contribution in [-0.4, -0.2) is 38.4 Å². The van der Waals surface area contributed by atoms with Gasteiger partial charge in [-0.2, -0.15) is 0 Å². The van der Waals surface area contributed by atoms with Gasteiger partial charge < -0.3 is 19.3 Å². The third-order valence-electron chi connectivity index (χ3n) is 4.49. The number of hydrogen-bond donors (Lipinski definition) is 1. The predicted octanol–water partition coefficient (Wildman–Crippen LogP) is 2.76. The number of carbonyl (C=O) groups excluding carboxylic acids is 2. The molecule has 2 unspecified atom stereocenters. The monoisotopic (exact) mass is 372 g/mol. The standard InChI is InChI=1S/C21H24O6/c1-25-19-13-15(9-10-18(19)22)12-17(21(24)27-3)16(20(23)26-2)11-14-7-5-4-6-8-14/h4-10,13,16-17,22H,11-12H2,1-3H3. The molecule has 6 nitrogen and oxygen atoms in total. The molecule has 0 bridgehead atoms. The van der Waals surface area contributed by atoms with Gasteiger partial charge in [0.25, 0.3) is 0 Å². The fraction of sp³-hybridized carbons (Fsp3) is 0.333. The van der Waals surface area contributed by atoms with E-state index in [2.05, 4.69) is 0 Å². The van der Waals surface area contributed by atoms with E-state index in [-0.39, 0.29) is 12.2 Å². The molecule has 2 atom stereocenters. The topological polar surface area (TPSA) is 82.1 Å². The zero-order chi connectivity index (χ0) is 19.8. The highest BCUT2D eigenvalue weighted by Gasteiger charge is 2.35. The summed E-state index contributed by atoms with van der Waals surface area (Å²) >= 11 is 0. The zero-order valence-corrected chi connectivity index (χ0v) is 15.7. The van der Waals surface area contributed by atoms with Crippen molar-refractivity contribution < 1.29 is 28.9 Å². The first-order valence-corrected chi connectivity index (χ1v) is 8.55. The van der Waals surface area contributed by atoms with Crippen molar-refractivity contribution >= 4 is 11.9 Å². The maximum absolute atomic E-state index is 12.5. The lowest BCUT2D eigenvalue weighted by atomic mass is 9.82. The Balaban J connectivity index is 2.35. The minimum atomic E-state index is -0.739. The quantitative estimate of drug-likeness (QED) is 0.718. The van der Waals surface area contributed by atoms with Gasteiger partial charge in [0.1, 0.15) is 0 Å². The minimum absolute atomic E-state index is 0.00433. The van der Waals surface area contributed by atoms with Gasteiger partial charge in [-0.3, -0.25) is 9.59 Å². The van der Waals surface area contributed by atoms with Crippen LogP contribution < -0.4 is 4.74 Å². The lowest BCUT2D eigenvalue weighted by molar-refractivity contribution is -0.157. The molecule has 0 aliphatic carbocycles. The van der Waals surface area contributed by atoms with Crippen LogP contribution in [0.1, 0.15) is 11.1 Å². The average Bonchev–Trinajstić information content (AvgIpc) is 2.71. The van der Waals surface area contributed by atoms with E-state index in [9.17, 15) is 14.7 Å². The maximum atomic E-state index is 12.5. The highest BCUT2D eigenvalue weighted by Crippen LogP contribution is 2.30. The molecule has 0 aliphatic heterocycles. The molecule has 2 rings (SSSR count). The normalized spacial score (nSPS) is 12.7. The van der Waals surface area contributed by atoms with Crippen LogP contribution in [0.15, 0.2) is 48.5 Å². The molecular weight excluding hydrogens is 348 g/mol. The van der Waals surface area contributed by atoms with Gasteiger partial charge in [-0.1, -0.05) is 36.4 Å². The lowest BCUT2D eigenvalue weighted by Gasteiger charge is -2.23. The van der Waals surface area contributed by atoms with Crippen LogP contribution in [0.3, 0.4) is 0 Å². The van der Waals surface area contributed by atoms with Gasteiger partial charge in [0.15, 0.2) is 11.5 Å². The van der Waals surface area contributed by atoms with Crippen molar-refractivity contribution in [2.75, 3.05) is 21.3 Å². The molecule has 0 heterocycles. The highest BCUT2D eigenvalue weighted by atomic mass is 16.5. The summed E-state index contributed by atoms with van der Waals surface area (Å²) in [4.78, 5) is 24.9. The molecule has 0 amide bonds. The molecule has 2 aromatic rings. The van der Waals surface area contributed by atoms with Gasteiger partial charge in [0, 0.05) is 0 Å². The number of ether oxygens (including phenoxy) is 3. The van der Waals surface area contributed by atoms with Crippen LogP contribution >= 0.6 is 0 Å². The first kappa shape index (κ1) is 20.3. The first-order chi connectivity index (χ1) is 13.0. The van der Waals surface area contributed by atoms with Crippen molar-refractivity contribution in [2.45, 2.75) is 12.8 Å². The van der Waals surface area contributed by atoms with E-state index < -0.39 is 23.8 Å². The molecule has 1 N–H and O–H groups in total. The summed E-state index contributed by atoms with van der Waals surface area (Å²) in [6.07, 6.45) is 0.596. The van der Waals surface area contributed by atoms with Gasteiger partial charge in [-0.25, -0.2) is 0 Å². The average molecular weight is 372 g/mol. The fourth-order valence-electron chi connectivity index (χ4n) is 3.05. The molecule has 0 saturated heterocycles. The van der Waals surface area contributed by atoms with Gasteiger partial charge in [0.05, 0.1) is 33.2 Å². The summed E-state index contributed by atoms with van der Waals surface area (Å²) in [6, 6.07) is 14.3. The van der Waals surface area contributed by atoms with Crippen molar-refractivity contribution in [1.82, 2.24) is 0 Å². The SMILES string of the molecule is COC(=O)C(Cc1ccccc1)C(Cc1ccc(O)c(OC)c1)C(=O)OC. The Kier molecular flexibility index (Phi) is 7.23. The fourth-order valence-corrected chi connectivity index (χ4v) is 3.05. The van der Waals surface area contributed by atoms with E-state index in [1.807, 2.05) is 30.3 Å². The van der Waals surface area contributed by atoms with Crippen molar-refractivity contribution in [1.29, 1.82) is 0 Å². The molecule has 2 aromatic carbocycles. The molecule has 0 saturated carbocycles. The van der Waals surface area contributed by atoms with Crippen LogP contribution in [0.25, 0.3) is 0 Å². The van der Waals surface area contributed by atoms with Gasteiger partial charge in [-0.15, -0.1) is 0 Å². The number of aromatic hydroxyl groups is 1. The second-order valence-corrected chi connectivity index (χ2v) is 6.16. The number of carbonyl (C=O) groups is 2. The minimum Gasteiger partial charge on any atom is -0.504 e. The number of phenolic OH excluding ortho intramolecular Hbond substituents is 1. The molecular formula is C21H24O6. The van der Waals surface area contributed by atoms with E-state index in [0.29, 0.717) is 12.2 Å². The van der Waals surface area contributed by atoms with Crippen LogP contribution in [0.5, 0.6) is 11.5 Å². The Labute approximate surface area is 158 Å². The summed E-state index contributed by atoms with van der Waals surface area (Å²) in [5.41, 5.74) is 1.66. The number of benzene rings is 2. The van der Waals surface area contributed by atoms with Crippen molar-refractivity contribution in [2.24, 2.45) is 11.8 Å². The summed E-state index contributed by atoms with van der Waals surface area (Å²) in [5.74, 6) is -2.10.